The number of rotatable bonds is 6. The van der Waals surface area contributed by atoms with Crippen LogP contribution in [0.4, 0.5) is 10.5 Å². The zero-order valence-corrected chi connectivity index (χ0v) is 19.3. The molecule has 0 saturated heterocycles. The molecule has 0 saturated carbocycles. The minimum atomic E-state index is -0.195. The first-order chi connectivity index (χ1) is 12.5. The molecule has 0 aliphatic rings. The molecule has 1 aromatic carbocycles. The van der Waals surface area contributed by atoms with Gasteiger partial charge >= 0.3 is 6.03 Å². The first-order valence-electron chi connectivity index (χ1n) is 8.62. The fourth-order valence-corrected chi connectivity index (χ4v) is 3.14. The summed E-state index contributed by atoms with van der Waals surface area (Å²) in [6, 6.07) is 9.78. The standard InChI is InChI=1S/C19H27N5OS.HI/c1-13(2)23-19(25)24-16-7-5-15(6-8-16)11-21-18(20-4)22-12-17-14(3)9-10-26-17;/h5-10,13H,11-12H2,1-4H3,(H2,20,21,22)(H2,23,24,25);1H. The van der Waals surface area contributed by atoms with Crippen molar-refractivity contribution in [3.05, 3.63) is 51.7 Å². The monoisotopic (exact) mass is 501 g/mol. The van der Waals surface area contributed by atoms with Gasteiger partial charge in [0.25, 0.3) is 0 Å². The fraction of sp³-hybridized carbons (Fsp3) is 0.368. The zero-order chi connectivity index (χ0) is 18.9. The van der Waals surface area contributed by atoms with Crippen molar-refractivity contribution in [2.24, 2.45) is 4.99 Å². The summed E-state index contributed by atoms with van der Waals surface area (Å²) < 4.78 is 0. The van der Waals surface area contributed by atoms with Gasteiger partial charge in [-0.05, 0) is 55.5 Å². The van der Waals surface area contributed by atoms with Crippen LogP contribution in [-0.4, -0.2) is 25.1 Å². The number of halogens is 1. The average Bonchev–Trinajstić information content (AvgIpc) is 3.01. The molecule has 0 bridgehead atoms. The lowest BCUT2D eigenvalue weighted by atomic mass is 10.2. The first-order valence-corrected chi connectivity index (χ1v) is 9.50. The number of urea groups is 1. The summed E-state index contributed by atoms with van der Waals surface area (Å²) in [4.78, 5) is 17.3. The van der Waals surface area contributed by atoms with E-state index in [9.17, 15) is 4.79 Å². The molecule has 0 unspecified atom stereocenters. The largest absolute Gasteiger partial charge is 0.352 e. The van der Waals surface area contributed by atoms with Crippen LogP contribution in [-0.2, 0) is 13.1 Å². The second-order valence-corrected chi connectivity index (χ2v) is 7.26. The number of nitrogens with zero attached hydrogens (tertiary/aromatic N) is 1. The van der Waals surface area contributed by atoms with Gasteiger partial charge in [0.15, 0.2) is 5.96 Å². The maximum atomic E-state index is 11.7. The fourth-order valence-electron chi connectivity index (χ4n) is 2.29. The number of carbonyl (C=O) groups excluding carboxylic acids is 1. The van der Waals surface area contributed by atoms with E-state index in [1.54, 1.807) is 18.4 Å². The highest BCUT2D eigenvalue weighted by Crippen LogP contribution is 2.14. The average molecular weight is 501 g/mol. The van der Waals surface area contributed by atoms with E-state index < -0.39 is 0 Å². The predicted molar refractivity (Wildman–Crippen MR) is 125 cm³/mol. The number of benzene rings is 1. The van der Waals surface area contributed by atoms with E-state index in [0.717, 1.165) is 23.8 Å². The number of anilines is 1. The molecular weight excluding hydrogens is 473 g/mol. The predicted octanol–water partition coefficient (Wildman–Crippen LogP) is 4.07. The number of hydrogen-bond acceptors (Lipinski definition) is 3. The lowest BCUT2D eigenvalue weighted by Crippen LogP contribution is -2.36. The first kappa shape index (κ1) is 23.2. The van der Waals surface area contributed by atoms with E-state index in [-0.39, 0.29) is 36.0 Å². The minimum absolute atomic E-state index is 0. The number of nitrogens with one attached hydrogen (secondary N) is 4. The van der Waals surface area contributed by atoms with Gasteiger partial charge in [-0.25, -0.2) is 4.79 Å². The van der Waals surface area contributed by atoms with Gasteiger partial charge in [-0.15, -0.1) is 35.3 Å². The van der Waals surface area contributed by atoms with E-state index in [1.807, 2.05) is 38.1 Å². The maximum Gasteiger partial charge on any atom is 0.319 e. The van der Waals surface area contributed by atoms with E-state index in [2.05, 4.69) is 44.6 Å². The van der Waals surface area contributed by atoms with Crippen LogP contribution >= 0.6 is 35.3 Å². The third kappa shape index (κ3) is 8.17. The van der Waals surface area contributed by atoms with Crippen LogP contribution in [0.5, 0.6) is 0 Å². The molecule has 0 aliphatic heterocycles. The normalized spacial score (nSPS) is 10.9. The van der Waals surface area contributed by atoms with Crippen molar-refractivity contribution in [1.82, 2.24) is 16.0 Å². The van der Waals surface area contributed by atoms with Gasteiger partial charge in [-0.2, -0.15) is 0 Å². The van der Waals surface area contributed by atoms with Gasteiger partial charge in [0.2, 0.25) is 0 Å². The summed E-state index contributed by atoms with van der Waals surface area (Å²) >= 11 is 1.74. The van der Waals surface area contributed by atoms with Crippen molar-refractivity contribution < 1.29 is 4.79 Å². The Balaban J connectivity index is 0.00000364. The van der Waals surface area contributed by atoms with Gasteiger partial charge in [0.1, 0.15) is 0 Å². The zero-order valence-electron chi connectivity index (χ0n) is 16.1. The summed E-state index contributed by atoms with van der Waals surface area (Å²) in [5.74, 6) is 0.760. The Kier molecular flexibility index (Phi) is 10.2. The van der Waals surface area contributed by atoms with Crippen molar-refractivity contribution in [3.63, 3.8) is 0 Å². The molecule has 0 aliphatic carbocycles. The third-order valence-corrected chi connectivity index (χ3v) is 4.72. The van der Waals surface area contributed by atoms with E-state index in [1.165, 1.54) is 10.4 Å². The van der Waals surface area contributed by atoms with Gasteiger partial charge in [-0.1, -0.05) is 12.1 Å². The van der Waals surface area contributed by atoms with E-state index in [4.69, 9.17) is 0 Å². The molecule has 4 N–H and O–H groups in total. The van der Waals surface area contributed by atoms with Crippen LogP contribution in [0.1, 0.15) is 29.9 Å². The molecule has 0 atom stereocenters. The summed E-state index contributed by atoms with van der Waals surface area (Å²) in [7, 11) is 1.76. The number of aliphatic imine (C=N–C) groups is 1. The van der Waals surface area contributed by atoms with Crippen LogP contribution in [0.25, 0.3) is 0 Å². The maximum absolute atomic E-state index is 11.7. The number of hydrogen-bond donors (Lipinski definition) is 4. The van der Waals surface area contributed by atoms with Crippen molar-refractivity contribution >= 4 is 53.0 Å². The molecule has 2 amide bonds. The number of amides is 2. The molecule has 27 heavy (non-hydrogen) atoms. The number of thiophene rings is 1. The summed E-state index contributed by atoms with van der Waals surface area (Å²) in [5.41, 5.74) is 3.17. The lowest BCUT2D eigenvalue weighted by Gasteiger charge is -2.13. The molecule has 1 aromatic heterocycles. The highest BCUT2D eigenvalue weighted by molar-refractivity contribution is 14.0. The van der Waals surface area contributed by atoms with Gasteiger partial charge < -0.3 is 21.3 Å². The Labute approximate surface area is 182 Å². The van der Waals surface area contributed by atoms with Crippen molar-refractivity contribution in [1.29, 1.82) is 0 Å². The molecule has 0 fully saturated rings. The van der Waals surface area contributed by atoms with Crippen molar-refractivity contribution in [2.75, 3.05) is 12.4 Å². The second-order valence-electron chi connectivity index (χ2n) is 6.26. The number of guanidine groups is 1. The highest BCUT2D eigenvalue weighted by Gasteiger charge is 2.04. The van der Waals surface area contributed by atoms with Crippen LogP contribution in [0.15, 0.2) is 40.7 Å². The molecule has 1 heterocycles. The van der Waals surface area contributed by atoms with Gasteiger partial charge in [-0.3, -0.25) is 4.99 Å². The Hall–Kier alpha value is -1.81. The summed E-state index contributed by atoms with van der Waals surface area (Å²) in [6.07, 6.45) is 0. The third-order valence-electron chi connectivity index (χ3n) is 3.70. The Morgan fingerprint density at radius 2 is 1.78 bits per heavy atom. The number of carbonyl (C=O) groups is 1. The smallest absolute Gasteiger partial charge is 0.319 e. The molecule has 148 valence electrons. The Morgan fingerprint density at radius 1 is 1.11 bits per heavy atom. The van der Waals surface area contributed by atoms with Crippen LogP contribution < -0.4 is 21.3 Å². The van der Waals surface area contributed by atoms with Crippen LogP contribution in [0.2, 0.25) is 0 Å². The Bertz CT molecular complexity index is 743. The van der Waals surface area contributed by atoms with Crippen molar-refractivity contribution in [3.8, 4) is 0 Å². The lowest BCUT2D eigenvalue weighted by molar-refractivity contribution is 0.250. The highest BCUT2D eigenvalue weighted by atomic mass is 127. The molecule has 6 nitrogen and oxygen atoms in total. The quantitative estimate of drug-likeness (QED) is 0.274. The molecule has 2 rings (SSSR count). The van der Waals surface area contributed by atoms with E-state index >= 15 is 0 Å². The topological polar surface area (TPSA) is 77.5 Å². The van der Waals surface area contributed by atoms with Gasteiger partial charge in [0, 0.05) is 30.2 Å². The molecule has 0 spiro atoms. The van der Waals surface area contributed by atoms with Crippen LogP contribution in [0, 0.1) is 6.92 Å². The van der Waals surface area contributed by atoms with Crippen LogP contribution in [0.3, 0.4) is 0 Å². The second kappa shape index (κ2) is 11.8. The molecule has 8 heteroatoms. The Morgan fingerprint density at radius 3 is 2.33 bits per heavy atom. The molecule has 2 aromatic rings. The minimum Gasteiger partial charge on any atom is -0.352 e. The van der Waals surface area contributed by atoms with E-state index in [0.29, 0.717) is 6.54 Å². The SMILES string of the molecule is CN=C(NCc1ccc(NC(=O)NC(C)C)cc1)NCc1sccc1C.I. The molecular formula is C19H28IN5OS. The van der Waals surface area contributed by atoms with Gasteiger partial charge in [0.05, 0.1) is 6.54 Å². The summed E-state index contributed by atoms with van der Waals surface area (Å²) in [6.45, 7) is 7.38. The summed E-state index contributed by atoms with van der Waals surface area (Å²) in [5, 5.41) is 14.3. The number of aryl methyl sites for hydroxylation is 1. The van der Waals surface area contributed by atoms with Crippen molar-refractivity contribution in [2.45, 2.75) is 39.9 Å². The molecule has 0 radical (unpaired) electrons.